The first kappa shape index (κ1) is 18.5. The van der Waals surface area contributed by atoms with Crippen molar-refractivity contribution in [2.24, 2.45) is 0 Å². The SMILES string of the molecule is CC1(C)OCC(COc2ccc(N)cc2N)O1.O=S(=O)(O)O. The van der Waals surface area contributed by atoms with Crippen LogP contribution in [0, 0.1) is 0 Å². The molecule has 6 N–H and O–H groups in total. The number of nitrogen functional groups attached to an aromatic ring is 2. The third-order valence-electron chi connectivity index (χ3n) is 2.53. The lowest BCUT2D eigenvalue weighted by atomic mass is 10.2. The molecule has 1 aromatic carbocycles. The molecule has 10 heteroatoms. The highest BCUT2D eigenvalue weighted by molar-refractivity contribution is 7.79. The van der Waals surface area contributed by atoms with Crippen molar-refractivity contribution in [2.75, 3.05) is 24.7 Å². The van der Waals surface area contributed by atoms with Gasteiger partial charge in [-0.25, -0.2) is 0 Å². The molecule has 1 aliphatic rings. The number of hydrogen-bond donors (Lipinski definition) is 4. The molecule has 2 rings (SSSR count). The summed E-state index contributed by atoms with van der Waals surface area (Å²) in [6.45, 7) is 4.70. The van der Waals surface area contributed by atoms with E-state index < -0.39 is 16.2 Å². The van der Waals surface area contributed by atoms with Crippen LogP contribution in [-0.2, 0) is 19.9 Å². The molecule has 1 aliphatic heterocycles. The first-order valence-corrected chi connectivity index (χ1v) is 7.65. The van der Waals surface area contributed by atoms with E-state index in [0.29, 0.717) is 30.3 Å². The van der Waals surface area contributed by atoms with Crippen LogP contribution in [0.4, 0.5) is 11.4 Å². The van der Waals surface area contributed by atoms with Gasteiger partial charge in [0, 0.05) is 5.69 Å². The fraction of sp³-hybridized carbons (Fsp3) is 0.500. The summed E-state index contributed by atoms with van der Waals surface area (Å²) in [7, 11) is -4.67. The summed E-state index contributed by atoms with van der Waals surface area (Å²) in [5, 5.41) is 0. The van der Waals surface area contributed by atoms with Crippen LogP contribution >= 0.6 is 0 Å². The second-order valence-corrected chi connectivity index (χ2v) is 5.90. The number of anilines is 2. The highest BCUT2D eigenvalue weighted by Crippen LogP contribution is 2.26. The maximum absolute atomic E-state index is 8.74. The van der Waals surface area contributed by atoms with Crippen molar-refractivity contribution in [2.45, 2.75) is 25.7 Å². The zero-order valence-electron chi connectivity index (χ0n) is 12.2. The smallest absolute Gasteiger partial charge is 0.394 e. The van der Waals surface area contributed by atoms with Crippen molar-refractivity contribution >= 4 is 21.8 Å². The molecule has 22 heavy (non-hydrogen) atoms. The summed E-state index contributed by atoms with van der Waals surface area (Å²) < 4.78 is 48.2. The van der Waals surface area contributed by atoms with Crippen LogP contribution in [-0.4, -0.2) is 42.6 Å². The second-order valence-electron chi connectivity index (χ2n) is 5.01. The Balaban J connectivity index is 0.000000422. The Hall–Kier alpha value is -1.59. The zero-order valence-corrected chi connectivity index (χ0v) is 13.0. The predicted molar refractivity (Wildman–Crippen MR) is 79.8 cm³/mol. The fourth-order valence-corrected chi connectivity index (χ4v) is 1.73. The largest absolute Gasteiger partial charge is 0.489 e. The highest BCUT2D eigenvalue weighted by atomic mass is 32.3. The van der Waals surface area contributed by atoms with Crippen LogP contribution in [0.25, 0.3) is 0 Å². The van der Waals surface area contributed by atoms with Gasteiger partial charge in [0.2, 0.25) is 0 Å². The molecule has 0 aromatic heterocycles. The van der Waals surface area contributed by atoms with Crippen LogP contribution in [0.3, 0.4) is 0 Å². The molecular formula is C12H20N2O7S. The standard InChI is InChI=1S/C12H18N2O3.H2O4S/c1-12(2)16-7-9(17-12)6-15-11-4-3-8(13)5-10(11)14;1-5(2,3)4/h3-5,9H,6-7,13-14H2,1-2H3;(H2,1,2,3,4). The highest BCUT2D eigenvalue weighted by Gasteiger charge is 2.33. The van der Waals surface area contributed by atoms with E-state index in [0.717, 1.165) is 0 Å². The van der Waals surface area contributed by atoms with Gasteiger partial charge in [-0.3, -0.25) is 9.11 Å². The number of nitrogens with two attached hydrogens (primary N) is 2. The van der Waals surface area contributed by atoms with Gasteiger partial charge >= 0.3 is 10.4 Å². The van der Waals surface area contributed by atoms with Crippen molar-refractivity contribution < 1.29 is 31.7 Å². The minimum absolute atomic E-state index is 0.0676. The minimum atomic E-state index is -4.67. The molecule has 0 radical (unpaired) electrons. The van der Waals surface area contributed by atoms with E-state index in [1.807, 2.05) is 13.8 Å². The van der Waals surface area contributed by atoms with Crippen molar-refractivity contribution in [1.29, 1.82) is 0 Å². The molecule has 0 amide bonds. The van der Waals surface area contributed by atoms with Crippen LogP contribution in [0.5, 0.6) is 5.75 Å². The van der Waals surface area contributed by atoms with E-state index in [9.17, 15) is 0 Å². The summed E-state index contributed by atoms with van der Waals surface area (Å²) in [6, 6.07) is 5.18. The molecular weight excluding hydrogens is 316 g/mol. The van der Waals surface area contributed by atoms with Gasteiger partial charge in [-0.1, -0.05) is 0 Å². The molecule has 0 bridgehead atoms. The predicted octanol–water partition coefficient (Wildman–Crippen LogP) is 0.729. The molecule has 0 saturated carbocycles. The number of benzene rings is 1. The monoisotopic (exact) mass is 336 g/mol. The molecule has 1 heterocycles. The Morgan fingerprint density at radius 1 is 1.36 bits per heavy atom. The molecule has 1 unspecified atom stereocenters. The Kier molecular flexibility index (Phi) is 5.97. The van der Waals surface area contributed by atoms with E-state index in [-0.39, 0.29) is 6.10 Å². The Morgan fingerprint density at radius 3 is 2.41 bits per heavy atom. The summed E-state index contributed by atoms with van der Waals surface area (Å²) in [5.74, 6) is 0.0910. The molecule has 9 nitrogen and oxygen atoms in total. The van der Waals surface area contributed by atoms with Gasteiger partial charge in [0.05, 0.1) is 12.3 Å². The Morgan fingerprint density at radius 2 is 1.95 bits per heavy atom. The van der Waals surface area contributed by atoms with Gasteiger partial charge < -0.3 is 25.7 Å². The molecule has 0 aliphatic carbocycles. The van der Waals surface area contributed by atoms with E-state index in [1.165, 1.54) is 0 Å². The van der Waals surface area contributed by atoms with E-state index in [2.05, 4.69) is 0 Å². The van der Waals surface area contributed by atoms with Gasteiger partial charge in [-0.05, 0) is 32.0 Å². The number of ether oxygens (including phenoxy) is 3. The molecule has 1 saturated heterocycles. The molecule has 126 valence electrons. The molecule has 1 atom stereocenters. The first-order valence-electron chi connectivity index (χ1n) is 6.26. The topological polar surface area (TPSA) is 154 Å². The summed E-state index contributed by atoms with van der Waals surface area (Å²) in [5.41, 5.74) is 12.5. The summed E-state index contributed by atoms with van der Waals surface area (Å²) in [6.07, 6.45) is -0.0676. The lowest BCUT2D eigenvalue weighted by Gasteiger charge is -2.17. The lowest BCUT2D eigenvalue weighted by molar-refractivity contribution is -0.141. The van der Waals surface area contributed by atoms with Crippen LogP contribution in [0.15, 0.2) is 18.2 Å². The maximum atomic E-state index is 8.74. The third kappa shape index (κ3) is 7.43. The summed E-state index contributed by atoms with van der Waals surface area (Å²) >= 11 is 0. The average Bonchev–Trinajstić information content (AvgIpc) is 2.66. The lowest BCUT2D eigenvalue weighted by Crippen LogP contribution is -2.25. The summed E-state index contributed by atoms with van der Waals surface area (Å²) in [4.78, 5) is 0. The molecule has 1 fully saturated rings. The van der Waals surface area contributed by atoms with Crippen molar-refractivity contribution in [1.82, 2.24) is 0 Å². The van der Waals surface area contributed by atoms with Crippen LogP contribution in [0.1, 0.15) is 13.8 Å². The number of hydrogen-bond acceptors (Lipinski definition) is 7. The average molecular weight is 336 g/mol. The fourth-order valence-electron chi connectivity index (χ4n) is 1.73. The zero-order chi connectivity index (χ0) is 17.0. The van der Waals surface area contributed by atoms with Gasteiger partial charge in [0.15, 0.2) is 5.79 Å². The van der Waals surface area contributed by atoms with Crippen molar-refractivity contribution in [3.05, 3.63) is 18.2 Å². The van der Waals surface area contributed by atoms with E-state index in [1.54, 1.807) is 18.2 Å². The van der Waals surface area contributed by atoms with Crippen LogP contribution < -0.4 is 16.2 Å². The van der Waals surface area contributed by atoms with Gasteiger partial charge in [0.1, 0.15) is 18.5 Å². The van der Waals surface area contributed by atoms with E-state index >= 15 is 0 Å². The quantitative estimate of drug-likeness (QED) is 0.461. The number of rotatable bonds is 3. The normalized spacial score (nSPS) is 20.1. The first-order chi connectivity index (χ1) is 9.96. The van der Waals surface area contributed by atoms with Gasteiger partial charge in [0.25, 0.3) is 0 Å². The molecule has 0 spiro atoms. The Bertz CT molecular complexity index is 595. The molecule has 1 aromatic rings. The van der Waals surface area contributed by atoms with Gasteiger partial charge in [-0.2, -0.15) is 8.42 Å². The second kappa shape index (κ2) is 7.11. The minimum Gasteiger partial charge on any atom is -0.489 e. The van der Waals surface area contributed by atoms with Crippen LogP contribution in [0.2, 0.25) is 0 Å². The Labute approximate surface area is 128 Å². The third-order valence-corrected chi connectivity index (χ3v) is 2.53. The van der Waals surface area contributed by atoms with Crippen molar-refractivity contribution in [3.8, 4) is 5.75 Å². The van der Waals surface area contributed by atoms with E-state index in [4.69, 9.17) is 43.2 Å². The van der Waals surface area contributed by atoms with Gasteiger partial charge in [-0.15, -0.1) is 0 Å². The van der Waals surface area contributed by atoms with Crippen molar-refractivity contribution in [3.63, 3.8) is 0 Å². The maximum Gasteiger partial charge on any atom is 0.394 e.